The first-order valence-electron chi connectivity index (χ1n) is 2.51. The molecule has 0 aliphatic carbocycles. The van der Waals surface area contributed by atoms with Crippen molar-refractivity contribution < 1.29 is 4.74 Å². The second-order valence-electron chi connectivity index (χ2n) is 1.44. The van der Waals surface area contributed by atoms with E-state index in [0.29, 0.717) is 0 Å². The van der Waals surface area contributed by atoms with Gasteiger partial charge in [0.05, 0.1) is 18.9 Å². The van der Waals surface area contributed by atoms with Crippen molar-refractivity contribution in [1.29, 1.82) is 0 Å². The summed E-state index contributed by atoms with van der Waals surface area (Å²) >= 11 is 1.58. The summed E-state index contributed by atoms with van der Waals surface area (Å²) in [5.74, 6) is 0. The summed E-state index contributed by atoms with van der Waals surface area (Å²) in [4.78, 5) is 4.99. The van der Waals surface area contributed by atoms with Crippen LogP contribution in [-0.2, 0) is 4.74 Å². The normalized spacial score (nSPS) is 10.3. The van der Waals surface area contributed by atoms with Crippen LogP contribution in [0.1, 0.15) is 4.88 Å². The lowest BCUT2D eigenvalue weighted by Gasteiger charge is -1.82. The third kappa shape index (κ3) is 1.85. The molecule has 48 valence electrons. The number of methoxy groups -OCH3 is 1. The molecule has 0 unspecified atom stereocenters. The maximum absolute atomic E-state index is 4.71. The summed E-state index contributed by atoms with van der Waals surface area (Å²) in [6.45, 7) is 0. The molecule has 0 aliphatic rings. The van der Waals surface area contributed by atoms with Gasteiger partial charge in [0.25, 0.3) is 0 Å². The Kier molecular flexibility index (Phi) is 2.27. The Morgan fingerprint density at radius 3 is 3.22 bits per heavy atom. The lowest BCUT2D eigenvalue weighted by molar-refractivity contribution is 0.341. The van der Waals surface area contributed by atoms with E-state index in [2.05, 4.69) is 4.98 Å². The van der Waals surface area contributed by atoms with Crippen molar-refractivity contribution in [2.75, 3.05) is 7.11 Å². The fraction of sp³-hybridized carbons (Fsp3) is 0.167. The number of hydrogen-bond donors (Lipinski definition) is 0. The zero-order valence-corrected chi connectivity index (χ0v) is 5.89. The molecule has 0 saturated carbocycles. The number of aromatic nitrogens is 1. The summed E-state index contributed by atoms with van der Waals surface area (Å²) < 4.78 is 4.71. The van der Waals surface area contributed by atoms with Crippen molar-refractivity contribution >= 4 is 17.4 Å². The monoisotopic (exact) mass is 141 g/mol. The van der Waals surface area contributed by atoms with Gasteiger partial charge in [0, 0.05) is 11.1 Å². The predicted octanol–water partition coefficient (Wildman–Crippen LogP) is 1.76. The molecule has 0 bridgehead atoms. The molecule has 0 atom stereocenters. The van der Waals surface area contributed by atoms with E-state index in [1.807, 2.05) is 6.08 Å². The quantitative estimate of drug-likeness (QED) is 0.585. The van der Waals surface area contributed by atoms with E-state index in [1.165, 1.54) is 0 Å². The fourth-order valence-corrected chi connectivity index (χ4v) is 0.942. The van der Waals surface area contributed by atoms with Crippen molar-refractivity contribution in [1.82, 2.24) is 4.98 Å². The minimum atomic E-state index is 1.11. The molecule has 0 fully saturated rings. The summed E-state index contributed by atoms with van der Waals surface area (Å²) in [5.41, 5.74) is 1.79. The van der Waals surface area contributed by atoms with Gasteiger partial charge < -0.3 is 4.74 Å². The first-order valence-corrected chi connectivity index (χ1v) is 3.39. The topological polar surface area (TPSA) is 22.1 Å². The highest BCUT2D eigenvalue weighted by Crippen LogP contribution is 2.06. The maximum atomic E-state index is 4.71. The van der Waals surface area contributed by atoms with Crippen molar-refractivity contribution in [3.63, 3.8) is 0 Å². The number of ether oxygens (including phenoxy) is 1. The molecule has 0 radical (unpaired) electrons. The van der Waals surface area contributed by atoms with E-state index in [9.17, 15) is 0 Å². The molecule has 2 nitrogen and oxygen atoms in total. The van der Waals surface area contributed by atoms with Gasteiger partial charge in [0.2, 0.25) is 0 Å². The van der Waals surface area contributed by atoms with Crippen LogP contribution in [0.2, 0.25) is 0 Å². The zero-order valence-electron chi connectivity index (χ0n) is 5.07. The average Bonchev–Trinajstić information content (AvgIpc) is 2.34. The van der Waals surface area contributed by atoms with Gasteiger partial charge in [-0.3, -0.25) is 4.98 Å². The Balaban J connectivity index is 2.57. The Morgan fingerprint density at radius 1 is 1.78 bits per heavy atom. The van der Waals surface area contributed by atoms with Gasteiger partial charge in [0.1, 0.15) is 0 Å². The van der Waals surface area contributed by atoms with E-state index < -0.39 is 0 Å². The Bertz CT molecular complexity index is 181. The van der Waals surface area contributed by atoms with Crippen LogP contribution in [0.15, 0.2) is 18.0 Å². The second kappa shape index (κ2) is 3.25. The van der Waals surface area contributed by atoms with Gasteiger partial charge in [0.15, 0.2) is 0 Å². The zero-order chi connectivity index (χ0) is 6.53. The predicted molar refractivity (Wildman–Crippen MR) is 38.2 cm³/mol. The first kappa shape index (κ1) is 6.29. The van der Waals surface area contributed by atoms with Crippen molar-refractivity contribution in [3.8, 4) is 0 Å². The molecule has 1 heterocycles. The van der Waals surface area contributed by atoms with Crippen LogP contribution in [0, 0.1) is 0 Å². The molecule has 1 aromatic rings. The SMILES string of the molecule is CO/C=C/c1cncs1. The number of nitrogens with zero attached hydrogens (tertiary/aromatic N) is 1. The van der Waals surface area contributed by atoms with E-state index in [0.717, 1.165) is 4.88 Å². The van der Waals surface area contributed by atoms with Crippen LogP contribution in [0.3, 0.4) is 0 Å². The van der Waals surface area contributed by atoms with E-state index in [1.54, 1.807) is 36.4 Å². The van der Waals surface area contributed by atoms with Crippen molar-refractivity contribution in [2.24, 2.45) is 0 Å². The van der Waals surface area contributed by atoms with Crippen LogP contribution in [0.25, 0.3) is 6.08 Å². The minimum absolute atomic E-state index is 1.11. The van der Waals surface area contributed by atoms with Gasteiger partial charge in [-0.1, -0.05) is 0 Å². The van der Waals surface area contributed by atoms with Crippen LogP contribution in [0.4, 0.5) is 0 Å². The molecule has 0 aliphatic heterocycles. The first-order chi connectivity index (χ1) is 4.43. The van der Waals surface area contributed by atoms with Crippen molar-refractivity contribution in [3.05, 3.63) is 22.8 Å². The van der Waals surface area contributed by atoms with Crippen LogP contribution < -0.4 is 0 Å². The molecule has 0 spiro atoms. The maximum Gasteiger partial charge on any atom is 0.0839 e. The Hall–Kier alpha value is -0.830. The molecule has 0 amide bonds. The highest BCUT2D eigenvalue weighted by molar-refractivity contribution is 7.10. The molecule has 1 aromatic heterocycles. The molecule has 3 heteroatoms. The molecule has 0 aromatic carbocycles. The third-order valence-corrected chi connectivity index (χ3v) is 1.56. The molecular weight excluding hydrogens is 134 g/mol. The fourth-order valence-electron chi connectivity index (χ4n) is 0.443. The number of rotatable bonds is 2. The summed E-state index contributed by atoms with van der Waals surface area (Å²) in [6, 6.07) is 0. The van der Waals surface area contributed by atoms with Crippen molar-refractivity contribution in [2.45, 2.75) is 0 Å². The summed E-state index contributed by atoms with van der Waals surface area (Å²) in [7, 11) is 1.62. The summed E-state index contributed by atoms with van der Waals surface area (Å²) in [5, 5.41) is 0. The van der Waals surface area contributed by atoms with Gasteiger partial charge >= 0.3 is 0 Å². The Labute approximate surface area is 57.8 Å². The molecule has 0 N–H and O–H groups in total. The third-order valence-electron chi connectivity index (χ3n) is 0.820. The minimum Gasteiger partial charge on any atom is -0.504 e. The molecule has 1 rings (SSSR count). The number of hydrogen-bond acceptors (Lipinski definition) is 3. The van der Waals surface area contributed by atoms with Gasteiger partial charge in [-0.05, 0) is 6.08 Å². The van der Waals surface area contributed by atoms with Gasteiger partial charge in [-0.15, -0.1) is 11.3 Å². The van der Waals surface area contributed by atoms with Crippen LogP contribution in [-0.4, -0.2) is 12.1 Å². The standard InChI is InChI=1S/C6H7NOS/c1-8-3-2-6-4-7-5-9-6/h2-5H,1H3/b3-2+. The summed E-state index contributed by atoms with van der Waals surface area (Å²) in [6.07, 6.45) is 5.30. The Morgan fingerprint density at radius 2 is 2.67 bits per heavy atom. The molecule has 0 saturated heterocycles. The van der Waals surface area contributed by atoms with E-state index >= 15 is 0 Å². The highest BCUT2D eigenvalue weighted by atomic mass is 32.1. The van der Waals surface area contributed by atoms with Crippen LogP contribution >= 0.6 is 11.3 Å². The second-order valence-corrected chi connectivity index (χ2v) is 2.36. The van der Waals surface area contributed by atoms with Gasteiger partial charge in [-0.2, -0.15) is 0 Å². The smallest absolute Gasteiger partial charge is 0.0839 e. The van der Waals surface area contributed by atoms with Gasteiger partial charge in [-0.25, -0.2) is 0 Å². The highest BCUT2D eigenvalue weighted by Gasteiger charge is 1.83. The molecule has 9 heavy (non-hydrogen) atoms. The lowest BCUT2D eigenvalue weighted by atomic mass is 10.5. The average molecular weight is 141 g/mol. The van der Waals surface area contributed by atoms with E-state index in [4.69, 9.17) is 4.74 Å². The van der Waals surface area contributed by atoms with E-state index in [-0.39, 0.29) is 0 Å². The number of thiazole rings is 1. The lowest BCUT2D eigenvalue weighted by Crippen LogP contribution is -1.62. The van der Waals surface area contributed by atoms with Crippen LogP contribution in [0.5, 0.6) is 0 Å². The molecular formula is C6H7NOS. The largest absolute Gasteiger partial charge is 0.504 e.